The Morgan fingerprint density at radius 1 is 1.25 bits per heavy atom. The lowest BCUT2D eigenvalue weighted by Crippen LogP contribution is -2.40. The van der Waals surface area contributed by atoms with Crippen molar-refractivity contribution >= 4 is 5.96 Å². The van der Waals surface area contributed by atoms with E-state index >= 15 is 0 Å². The van der Waals surface area contributed by atoms with Gasteiger partial charge >= 0.3 is 0 Å². The molecule has 2 rings (SSSR count). The topological polar surface area (TPSA) is 36.4 Å². The maximum Gasteiger partial charge on any atom is 0.191 e. The molecule has 5 heteroatoms. The second kappa shape index (κ2) is 4.92. The molecule has 0 amide bonds. The molecule has 1 aliphatic rings. The first-order chi connectivity index (χ1) is 7.74. The fraction of sp³-hybridized carbons (Fsp3) is 0.364. The standard InChI is InChI=1S/C11H13F2N3/c12-9-4-8(5-10(13)6-9)7-16-11-14-2-1-3-15-11/h4-6H,1-3,7H2,(H2,14,15,16). The van der Waals surface area contributed by atoms with Gasteiger partial charge in [0.05, 0.1) is 0 Å². The van der Waals surface area contributed by atoms with Crippen molar-refractivity contribution in [3.63, 3.8) is 0 Å². The minimum absolute atomic E-state index is 0.362. The van der Waals surface area contributed by atoms with Gasteiger partial charge in [-0.25, -0.2) is 8.78 Å². The highest BCUT2D eigenvalue weighted by molar-refractivity contribution is 5.80. The summed E-state index contributed by atoms with van der Waals surface area (Å²) >= 11 is 0. The number of halogens is 2. The highest BCUT2D eigenvalue weighted by atomic mass is 19.1. The van der Waals surface area contributed by atoms with Gasteiger partial charge < -0.3 is 10.6 Å². The zero-order valence-corrected chi connectivity index (χ0v) is 8.76. The molecule has 1 heterocycles. The van der Waals surface area contributed by atoms with Crippen molar-refractivity contribution in [2.75, 3.05) is 13.1 Å². The van der Waals surface area contributed by atoms with Crippen molar-refractivity contribution in [1.29, 1.82) is 0 Å². The maximum atomic E-state index is 12.9. The van der Waals surface area contributed by atoms with Crippen molar-refractivity contribution in [3.8, 4) is 0 Å². The Hall–Kier alpha value is -1.65. The van der Waals surface area contributed by atoms with Crippen molar-refractivity contribution < 1.29 is 8.78 Å². The summed E-state index contributed by atoms with van der Waals surface area (Å²) in [6.45, 7) is 2.02. The van der Waals surface area contributed by atoms with Crippen LogP contribution in [0.15, 0.2) is 23.2 Å². The Kier molecular flexibility index (Phi) is 3.34. The van der Waals surface area contributed by atoms with Gasteiger partial charge in [0.15, 0.2) is 5.96 Å². The molecule has 1 aliphatic heterocycles. The predicted octanol–water partition coefficient (Wildman–Crippen LogP) is 1.40. The summed E-state index contributed by atoms with van der Waals surface area (Å²) in [4.78, 5) is 4.20. The number of hydrogen-bond acceptors (Lipinski definition) is 3. The Morgan fingerprint density at radius 3 is 2.62 bits per heavy atom. The van der Waals surface area contributed by atoms with Gasteiger partial charge in [-0.1, -0.05) is 0 Å². The number of rotatable bonds is 2. The molecule has 0 aromatic heterocycles. The van der Waals surface area contributed by atoms with Crippen LogP contribution < -0.4 is 10.6 Å². The lowest BCUT2D eigenvalue weighted by atomic mass is 10.2. The van der Waals surface area contributed by atoms with E-state index in [-0.39, 0.29) is 0 Å². The van der Waals surface area contributed by atoms with E-state index in [0.717, 1.165) is 25.6 Å². The summed E-state index contributed by atoms with van der Waals surface area (Å²) in [6.07, 6.45) is 1.01. The van der Waals surface area contributed by atoms with Crippen LogP contribution in [-0.2, 0) is 6.54 Å². The van der Waals surface area contributed by atoms with Gasteiger partial charge in [0.25, 0.3) is 0 Å². The van der Waals surface area contributed by atoms with Crippen LogP contribution in [0.1, 0.15) is 12.0 Å². The average Bonchev–Trinajstić information content (AvgIpc) is 2.27. The van der Waals surface area contributed by atoms with E-state index in [0.29, 0.717) is 18.1 Å². The molecule has 0 bridgehead atoms. The molecule has 86 valence electrons. The summed E-state index contributed by atoms with van der Waals surface area (Å²) in [5, 5.41) is 6.07. The number of guanidine groups is 1. The van der Waals surface area contributed by atoms with E-state index in [1.807, 2.05) is 0 Å². The third-order valence-corrected chi connectivity index (χ3v) is 2.28. The molecule has 0 spiro atoms. The first kappa shape index (κ1) is 10.9. The highest BCUT2D eigenvalue weighted by Gasteiger charge is 2.04. The zero-order chi connectivity index (χ0) is 11.4. The van der Waals surface area contributed by atoms with Crippen LogP contribution in [0.5, 0.6) is 0 Å². The summed E-state index contributed by atoms with van der Waals surface area (Å²) < 4.78 is 25.8. The van der Waals surface area contributed by atoms with Gasteiger partial charge in [0.1, 0.15) is 11.6 Å². The number of aliphatic imine (C=N–C) groups is 1. The van der Waals surface area contributed by atoms with E-state index in [2.05, 4.69) is 15.6 Å². The van der Waals surface area contributed by atoms with Crippen LogP contribution in [0.2, 0.25) is 0 Å². The lowest BCUT2D eigenvalue weighted by molar-refractivity contribution is 0.578. The molecule has 0 radical (unpaired) electrons. The average molecular weight is 225 g/mol. The van der Waals surface area contributed by atoms with Gasteiger partial charge in [-0.15, -0.1) is 0 Å². The molecule has 1 aromatic carbocycles. The van der Waals surface area contributed by atoms with E-state index in [1.165, 1.54) is 12.1 Å². The van der Waals surface area contributed by atoms with Crippen molar-refractivity contribution in [2.45, 2.75) is 13.0 Å². The monoisotopic (exact) mass is 225 g/mol. The molecule has 0 aliphatic carbocycles. The third kappa shape index (κ3) is 2.92. The molecule has 0 saturated heterocycles. The summed E-state index contributed by atoms with van der Waals surface area (Å²) in [5.41, 5.74) is 0.563. The van der Waals surface area contributed by atoms with Gasteiger partial charge in [0.2, 0.25) is 0 Å². The van der Waals surface area contributed by atoms with Crippen molar-refractivity contribution in [2.24, 2.45) is 4.99 Å². The number of benzene rings is 1. The quantitative estimate of drug-likeness (QED) is 0.798. The Bertz CT molecular complexity index is 384. The van der Waals surface area contributed by atoms with Gasteiger partial charge in [-0.2, -0.15) is 0 Å². The van der Waals surface area contributed by atoms with Crippen LogP contribution in [0, 0.1) is 11.6 Å². The minimum atomic E-state index is -0.560. The van der Waals surface area contributed by atoms with Crippen LogP contribution in [0.3, 0.4) is 0 Å². The Morgan fingerprint density at radius 2 is 2.00 bits per heavy atom. The fourth-order valence-corrected chi connectivity index (χ4v) is 1.55. The molecular formula is C11H13F2N3. The van der Waals surface area contributed by atoms with Crippen molar-refractivity contribution in [1.82, 2.24) is 10.6 Å². The summed E-state index contributed by atoms with van der Waals surface area (Å²) in [6, 6.07) is 3.47. The van der Waals surface area contributed by atoms with E-state index in [4.69, 9.17) is 0 Å². The highest BCUT2D eigenvalue weighted by Crippen LogP contribution is 2.07. The largest absolute Gasteiger partial charge is 0.356 e. The molecule has 0 atom stereocenters. The van der Waals surface area contributed by atoms with Crippen LogP contribution in [-0.4, -0.2) is 19.0 Å². The van der Waals surface area contributed by atoms with Crippen LogP contribution in [0.25, 0.3) is 0 Å². The van der Waals surface area contributed by atoms with Gasteiger partial charge in [-0.05, 0) is 24.1 Å². The lowest BCUT2D eigenvalue weighted by Gasteiger charge is -2.15. The molecule has 16 heavy (non-hydrogen) atoms. The van der Waals surface area contributed by atoms with E-state index in [1.54, 1.807) is 0 Å². The number of nitrogens with one attached hydrogen (secondary N) is 2. The van der Waals surface area contributed by atoms with E-state index < -0.39 is 11.6 Å². The molecule has 2 N–H and O–H groups in total. The number of nitrogens with zero attached hydrogens (tertiary/aromatic N) is 1. The second-order valence-corrected chi connectivity index (χ2v) is 3.64. The Labute approximate surface area is 92.6 Å². The molecule has 3 nitrogen and oxygen atoms in total. The maximum absolute atomic E-state index is 12.9. The SMILES string of the molecule is Fc1cc(F)cc(CNC2=NCCCN2)c1. The fourth-order valence-electron chi connectivity index (χ4n) is 1.55. The third-order valence-electron chi connectivity index (χ3n) is 2.28. The molecule has 1 aromatic rings. The normalized spacial score (nSPS) is 15.2. The smallest absolute Gasteiger partial charge is 0.191 e. The van der Waals surface area contributed by atoms with E-state index in [9.17, 15) is 8.78 Å². The zero-order valence-electron chi connectivity index (χ0n) is 8.76. The predicted molar refractivity (Wildman–Crippen MR) is 58.1 cm³/mol. The van der Waals surface area contributed by atoms with Crippen LogP contribution >= 0.6 is 0 Å². The first-order valence-electron chi connectivity index (χ1n) is 5.21. The first-order valence-corrected chi connectivity index (χ1v) is 5.21. The number of hydrogen-bond donors (Lipinski definition) is 2. The summed E-state index contributed by atoms with van der Waals surface area (Å²) in [7, 11) is 0. The summed E-state index contributed by atoms with van der Waals surface area (Å²) in [5.74, 6) is -0.429. The molecule has 0 saturated carbocycles. The molecule has 0 fully saturated rings. The Balaban J connectivity index is 1.96. The second-order valence-electron chi connectivity index (χ2n) is 3.64. The van der Waals surface area contributed by atoms with Crippen molar-refractivity contribution in [3.05, 3.63) is 35.4 Å². The van der Waals surface area contributed by atoms with Gasteiger partial charge in [-0.3, -0.25) is 4.99 Å². The van der Waals surface area contributed by atoms with Gasteiger partial charge in [0, 0.05) is 25.7 Å². The molecular weight excluding hydrogens is 212 g/mol. The molecule has 0 unspecified atom stereocenters. The minimum Gasteiger partial charge on any atom is -0.356 e. The van der Waals surface area contributed by atoms with Crippen LogP contribution in [0.4, 0.5) is 8.78 Å².